The fraction of sp³-hybridized carbons (Fsp3) is 0.629. The van der Waals surface area contributed by atoms with Crippen molar-refractivity contribution in [1.29, 1.82) is 0 Å². The first-order chi connectivity index (χ1) is 19.8. The van der Waals surface area contributed by atoms with Gasteiger partial charge in [-0.2, -0.15) is 0 Å². The quantitative estimate of drug-likeness (QED) is 0.147. The van der Waals surface area contributed by atoms with Crippen LogP contribution in [0.2, 0.25) is 0 Å². The second kappa shape index (κ2) is 15.2. The van der Waals surface area contributed by atoms with E-state index in [4.69, 9.17) is 0 Å². The predicted octanol–water partition coefficient (Wildman–Crippen LogP) is 11.2. The van der Waals surface area contributed by atoms with Crippen LogP contribution in [0.1, 0.15) is 138 Å². The molecule has 2 aliphatic rings. The van der Waals surface area contributed by atoms with Crippen molar-refractivity contribution in [3.63, 3.8) is 0 Å². The highest BCUT2D eigenvalue weighted by Crippen LogP contribution is 2.47. The highest BCUT2D eigenvalue weighted by Gasteiger charge is 2.33. The Labute approximate surface area is 242 Å². The second-order valence-electron chi connectivity index (χ2n) is 12.6. The van der Waals surface area contributed by atoms with Gasteiger partial charge in [0.25, 0.3) is 0 Å². The molecule has 0 amide bonds. The molecule has 6 heteroatoms. The van der Waals surface area contributed by atoms with E-state index < -0.39 is 34.8 Å². The zero-order valence-electron chi connectivity index (χ0n) is 24.5. The topological polar surface area (TPSA) is 37.3 Å². The highest BCUT2D eigenvalue weighted by atomic mass is 19.2. The summed E-state index contributed by atoms with van der Waals surface area (Å²) in [5.74, 6) is -4.80. The molecule has 2 aromatic rings. The SMILES string of the molecule is CCCCCCCCCC[C@H]1CC[C@H](C2CCC(c3ccc(C(=O)O)c(F)c3-c3cc(F)c(F)c(F)c3)CC2)CC1. The molecule has 2 aromatic carbocycles. The van der Waals surface area contributed by atoms with Gasteiger partial charge < -0.3 is 5.11 Å². The molecule has 0 bridgehead atoms. The average Bonchev–Trinajstić information content (AvgIpc) is 2.97. The Balaban J connectivity index is 1.31. The van der Waals surface area contributed by atoms with Gasteiger partial charge in [-0.3, -0.25) is 0 Å². The molecule has 0 heterocycles. The van der Waals surface area contributed by atoms with Gasteiger partial charge in [-0.15, -0.1) is 0 Å². The molecule has 0 aliphatic heterocycles. The van der Waals surface area contributed by atoms with E-state index >= 15 is 4.39 Å². The monoisotopic (exact) mass is 574 g/mol. The first kappa shape index (κ1) is 31.6. The van der Waals surface area contributed by atoms with Crippen molar-refractivity contribution >= 4 is 5.97 Å². The maximum Gasteiger partial charge on any atom is 0.338 e. The number of hydrogen-bond acceptors (Lipinski definition) is 1. The molecule has 2 aliphatic carbocycles. The molecule has 0 atom stereocenters. The van der Waals surface area contributed by atoms with Crippen LogP contribution in [0.25, 0.3) is 11.1 Å². The fourth-order valence-electron chi connectivity index (χ4n) is 7.51. The molecule has 1 N–H and O–H groups in total. The van der Waals surface area contributed by atoms with Crippen molar-refractivity contribution in [2.24, 2.45) is 17.8 Å². The zero-order chi connectivity index (χ0) is 29.4. The first-order valence-corrected chi connectivity index (χ1v) is 16.0. The lowest BCUT2D eigenvalue weighted by Gasteiger charge is -2.38. The number of unbranched alkanes of at least 4 members (excludes halogenated alkanes) is 7. The number of benzene rings is 2. The third-order valence-electron chi connectivity index (χ3n) is 9.91. The Kier molecular flexibility index (Phi) is 11.7. The summed E-state index contributed by atoms with van der Waals surface area (Å²) < 4.78 is 57.3. The Morgan fingerprint density at radius 1 is 0.732 bits per heavy atom. The molecule has 2 fully saturated rings. The predicted molar refractivity (Wildman–Crippen MR) is 156 cm³/mol. The van der Waals surface area contributed by atoms with Gasteiger partial charge in [-0.25, -0.2) is 22.4 Å². The number of carbonyl (C=O) groups is 1. The number of rotatable bonds is 13. The molecule has 0 spiro atoms. The maximum atomic E-state index is 15.5. The molecule has 41 heavy (non-hydrogen) atoms. The van der Waals surface area contributed by atoms with Gasteiger partial charge in [0.05, 0.1) is 5.56 Å². The lowest BCUT2D eigenvalue weighted by atomic mass is 9.67. The van der Waals surface area contributed by atoms with Gasteiger partial charge in [0, 0.05) is 5.56 Å². The minimum Gasteiger partial charge on any atom is -0.478 e. The Morgan fingerprint density at radius 3 is 1.83 bits per heavy atom. The summed E-state index contributed by atoms with van der Waals surface area (Å²) in [5.41, 5.74) is -0.321. The summed E-state index contributed by atoms with van der Waals surface area (Å²) in [7, 11) is 0. The van der Waals surface area contributed by atoms with Crippen molar-refractivity contribution in [2.75, 3.05) is 0 Å². The number of hydrogen-bond donors (Lipinski definition) is 1. The van der Waals surface area contributed by atoms with Crippen LogP contribution < -0.4 is 0 Å². The van der Waals surface area contributed by atoms with E-state index in [-0.39, 0.29) is 17.0 Å². The molecule has 0 saturated heterocycles. The molecule has 2 saturated carbocycles. The van der Waals surface area contributed by atoms with E-state index in [1.165, 1.54) is 89.5 Å². The van der Waals surface area contributed by atoms with E-state index in [0.29, 0.717) is 11.5 Å². The van der Waals surface area contributed by atoms with Crippen LogP contribution in [0, 0.1) is 41.0 Å². The second-order valence-corrected chi connectivity index (χ2v) is 12.6. The smallest absolute Gasteiger partial charge is 0.338 e. The van der Waals surface area contributed by atoms with Crippen LogP contribution in [0.5, 0.6) is 0 Å². The minimum absolute atomic E-state index is 0.0481. The molecular weight excluding hydrogens is 528 g/mol. The summed E-state index contributed by atoms with van der Waals surface area (Å²) >= 11 is 0. The fourth-order valence-corrected chi connectivity index (χ4v) is 7.51. The molecule has 0 unspecified atom stereocenters. The van der Waals surface area contributed by atoms with Crippen molar-refractivity contribution in [3.8, 4) is 11.1 Å². The summed E-state index contributed by atoms with van der Waals surface area (Å²) in [6.07, 6.45) is 21.1. The Morgan fingerprint density at radius 2 is 1.27 bits per heavy atom. The molecular formula is C35H46F4O2. The molecule has 2 nitrogen and oxygen atoms in total. The third kappa shape index (κ3) is 8.14. The Hall–Kier alpha value is -2.37. The van der Waals surface area contributed by atoms with E-state index in [2.05, 4.69) is 6.92 Å². The van der Waals surface area contributed by atoms with Crippen LogP contribution >= 0.6 is 0 Å². The summed E-state index contributed by atoms with van der Waals surface area (Å²) in [5, 5.41) is 9.45. The van der Waals surface area contributed by atoms with Crippen LogP contribution in [-0.4, -0.2) is 11.1 Å². The van der Waals surface area contributed by atoms with Gasteiger partial charge >= 0.3 is 5.97 Å². The number of aromatic carboxylic acids is 1. The van der Waals surface area contributed by atoms with Crippen molar-refractivity contribution in [1.82, 2.24) is 0 Å². The van der Waals surface area contributed by atoms with Crippen molar-refractivity contribution in [3.05, 3.63) is 58.7 Å². The third-order valence-corrected chi connectivity index (χ3v) is 9.91. The average molecular weight is 575 g/mol. The number of carboxylic acids is 1. The normalized spacial score (nSPS) is 23.0. The molecule has 0 aromatic heterocycles. The first-order valence-electron chi connectivity index (χ1n) is 16.0. The lowest BCUT2D eigenvalue weighted by molar-refractivity contribution is 0.0692. The van der Waals surface area contributed by atoms with Crippen LogP contribution in [0.4, 0.5) is 17.6 Å². The largest absolute Gasteiger partial charge is 0.478 e. The summed E-state index contributed by atoms with van der Waals surface area (Å²) in [6.45, 7) is 2.26. The number of carboxylic acid groups (broad SMARTS) is 1. The van der Waals surface area contributed by atoms with Gasteiger partial charge in [0.1, 0.15) is 5.82 Å². The van der Waals surface area contributed by atoms with E-state index in [1.807, 2.05) is 0 Å². The van der Waals surface area contributed by atoms with Crippen molar-refractivity contribution in [2.45, 2.75) is 122 Å². The van der Waals surface area contributed by atoms with Crippen LogP contribution in [-0.2, 0) is 0 Å². The van der Waals surface area contributed by atoms with Crippen molar-refractivity contribution < 1.29 is 27.5 Å². The molecule has 4 rings (SSSR count). The van der Waals surface area contributed by atoms with Crippen LogP contribution in [0.3, 0.4) is 0 Å². The van der Waals surface area contributed by atoms with E-state index in [9.17, 15) is 23.1 Å². The van der Waals surface area contributed by atoms with Crippen LogP contribution in [0.15, 0.2) is 24.3 Å². The number of halogens is 4. The summed E-state index contributed by atoms with van der Waals surface area (Å²) in [4.78, 5) is 11.6. The lowest BCUT2D eigenvalue weighted by Crippen LogP contribution is -2.25. The van der Waals surface area contributed by atoms with Gasteiger partial charge in [0.15, 0.2) is 17.5 Å². The zero-order valence-corrected chi connectivity index (χ0v) is 24.5. The maximum absolute atomic E-state index is 15.5. The highest BCUT2D eigenvalue weighted by molar-refractivity contribution is 5.90. The van der Waals surface area contributed by atoms with E-state index in [1.54, 1.807) is 6.07 Å². The minimum atomic E-state index is -1.63. The molecule has 226 valence electrons. The van der Waals surface area contributed by atoms with Gasteiger partial charge in [-0.1, -0.05) is 83.6 Å². The molecule has 0 radical (unpaired) electrons. The van der Waals surface area contributed by atoms with Gasteiger partial charge in [-0.05, 0) is 91.5 Å². The standard InChI is InChI=1S/C35H46F4O2/c1-2-3-4-5-6-7-8-9-10-23-11-13-24(14-12-23)25-15-17-26(18-16-25)28-19-20-29(35(40)41)33(38)32(28)27-21-30(36)34(39)31(37)22-27/h19-26H,2-18H2,1H3,(H,40,41)/t23-,24-,25?,26?. The van der Waals surface area contributed by atoms with E-state index in [0.717, 1.165) is 49.7 Å². The van der Waals surface area contributed by atoms with Gasteiger partial charge in [0.2, 0.25) is 0 Å². The summed E-state index contributed by atoms with van der Waals surface area (Å²) in [6, 6.07) is 4.31. The Bertz CT molecular complexity index is 1120.